The summed E-state index contributed by atoms with van der Waals surface area (Å²) >= 11 is 0. The molecule has 4 rings (SSSR count). The SMILES string of the molecule is CC1CCC(c2ccc(C(F)(F)Oc3ccc(C4CCC(C=C(F)C(F)(F)F)CC4)cc3)cc2)CC1. The normalized spacial score (nSPS) is 26.0. The maximum Gasteiger partial charge on any atom is 0.442 e. The van der Waals surface area contributed by atoms with Crippen molar-refractivity contribution in [3.63, 3.8) is 0 Å². The third-order valence-corrected chi connectivity index (χ3v) is 7.76. The average Bonchev–Trinajstić information content (AvgIpc) is 2.85. The topological polar surface area (TPSA) is 9.23 Å². The molecule has 2 aromatic carbocycles. The van der Waals surface area contributed by atoms with Crippen LogP contribution in [0.1, 0.15) is 86.8 Å². The maximum absolute atomic E-state index is 14.8. The Labute approximate surface area is 208 Å². The zero-order valence-corrected chi connectivity index (χ0v) is 20.3. The van der Waals surface area contributed by atoms with Crippen LogP contribution in [0.4, 0.5) is 26.3 Å². The van der Waals surface area contributed by atoms with Crippen LogP contribution >= 0.6 is 0 Å². The van der Waals surface area contributed by atoms with Gasteiger partial charge in [0.25, 0.3) is 0 Å². The Hall–Kier alpha value is -2.44. The zero-order valence-electron chi connectivity index (χ0n) is 20.3. The first-order chi connectivity index (χ1) is 17.0. The van der Waals surface area contributed by atoms with E-state index in [2.05, 4.69) is 6.92 Å². The van der Waals surface area contributed by atoms with Crippen LogP contribution in [-0.4, -0.2) is 6.18 Å². The van der Waals surface area contributed by atoms with Gasteiger partial charge in [-0.25, -0.2) is 4.39 Å². The fourth-order valence-corrected chi connectivity index (χ4v) is 5.48. The van der Waals surface area contributed by atoms with Crippen molar-refractivity contribution in [2.45, 2.75) is 82.4 Å². The summed E-state index contributed by atoms with van der Waals surface area (Å²) in [5.41, 5.74) is 1.81. The maximum atomic E-state index is 14.8. The molecule has 0 bridgehead atoms. The van der Waals surface area contributed by atoms with Gasteiger partial charge in [0.2, 0.25) is 0 Å². The molecule has 0 unspecified atom stereocenters. The Morgan fingerprint density at radius 2 is 1.19 bits per heavy atom. The van der Waals surface area contributed by atoms with Crippen LogP contribution in [0.25, 0.3) is 0 Å². The predicted molar refractivity (Wildman–Crippen MR) is 128 cm³/mol. The van der Waals surface area contributed by atoms with Crippen molar-refractivity contribution in [3.05, 3.63) is 77.1 Å². The van der Waals surface area contributed by atoms with Gasteiger partial charge < -0.3 is 4.74 Å². The van der Waals surface area contributed by atoms with Crippen LogP contribution < -0.4 is 4.74 Å². The lowest BCUT2D eigenvalue weighted by molar-refractivity contribution is -0.185. The van der Waals surface area contributed by atoms with Gasteiger partial charge in [-0.2, -0.15) is 22.0 Å². The average molecular weight is 511 g/mol. The van der Waals surface area contributed by atoms with Crippen molar-refractivity contribution in [2.24, 2.45) is 11.8 Å². The van der Waals surface area contributed by atoms with Gasteiger partial charge in [-0.3, -0.25) is 0 Å². The number of ether oxygens (including phenoxy) is 1. The van der Waals surface area contributed by atoms with Crippen molar-refractivity contribution in [3.8, 4) is 5.75 Å². The highest BCUT2D eigenvalue weighted by molar-refractivity contribution is 5.32. The van der Waals surface area contributed by atoms with E-state index in [-0.39, 0.29) is 17.2 Å². The molecule has 2 fully saturated rings. The minimum atomic E-state index is -4.94. The molecular formula is C29H32F6O. The van der Waals surface area contributed by atoms with Crippen molar-refractivity contribution >= 4 is 0 Å². The first kappa shape index (κ1) is 26.6. The monoisotopic (exact) mass is 510 g/mol. The molecule has 0 N–H and O–H groups in total. The molecule has 2 saturated carbocycles. The molecule has 0 saturated heterocycles. The fourth-order valence-electron chi connectivity index (χ4n) is 5.48. The lowest BCUT2D eigenvalue weighted by atomic mass is 9.78. The van der Waals surface area contributed by atoms with Gasteiger partial charge in [0.1, 0.15) is 5.75 Å². The number of alkyl halides is 5. The highest BCUT2D eigenvalue weighted by atomic mass is 19.4. The van der Waals surface area contributed by atoms with Gasteiger partial charge in [0, 0.05) is 0 Å². The summed E-state index contributed by atoms with van der Waals surface area (Å²) in [7, 11) is 0. The van der Waals surface area contributed by atoms with Crippen LogP contribution in [-0.2, 0) is 6.11 Å². The smallest absolute Gasteiger partial charge is 0.429 e. The Balaban J connectivity index is 1.33. The van der Waals surface area contributed by atoms with Gasteiger partial charge in [-0.15, -0.1) is 0 Å². The van der Waals surface area contributed by atoms with E-state index >= 15 is 0 Å². The van der Waals surface area contributed by atoms with Gasteiger partial charge >= 0.3 is 12.3 Å². The molecule has 0 atom stereocenters. The summed E-state index contributed by atoms with van der Waals surface area (Å²) in [5, 5.41) is 0. The Kier molecular flexibility index (Phi) is 8.06. The molecule has 0 heterocycles. The molecule has 7 heteroatoms. The number of halogens is 6. The van der Waals surface area contributed by atoms with Crippen LogP contribution in [0.2, 0.25) is 0 Å². The Bertz CT molecular complexity index is 1010. The molecule has 0 spiro atoms. The van der Waals surface area contributed by atoms with Crippen molar-refractivity contribution < 1.29 is 31.1 Å². The minimum Gasteiger partial charge on any atom is -0.429 e. The van der Waals surface area contributed by atoms with E-state index in [0.29, 0.717) is 37.7 Å². The molecule has 36 heavy (non-hydrogen) atoms. The lowest BCUT2D eigenvalue weighted by Gasteiger charge is -2.27. The number of hydrogen-bond acceptors (Lipinski definition) is 1. The molecule has 1 nitrogen and oxygen atoms in total. The number of hydrogen-bond donors (Lipinski definition) is 0. The highest BCUT2D eigenvalue weighted by Crippen LogP contribution is 2.40. The second-order valence-corrected chi connectivity index (χ2v) is 10.4. The molecule has 0 aromatic heterocycles. The van der Waals surface area contributed by atoms with Crippen LogP contribution in [0.3, 0.4) is 0 Å². The minimum absolute atomic E-state index is 0.0398. The molecule has 0 amide bonds. The van der Waals surface area contributed by atoms with E-state index in [4.69, 9.17) is 4.74 Å². The van der Waals surface area contributed by atoms with Gasteiger partial charge in [-0.1, -0.05) is 44.0 Å². The molecule has 2 aromatic rings. The summed E-state index contributed by atoms with van der Waals surface area (Å²) < 4.78 is 85.1. The number of rotatable bonds is 6. The Morgan fingerprint density at radius 1 is 0.722 bits per heavy atom. The van der Waals surface area contributed by atoms with Crippen LogP contribution in [0.15, 0.2) is 60.4 Å². The van der Waals surface area contributed by atoms with Gasteiger partial charge in [0.05, 0.1) is 5.56 Å². The summed E-state index contributed by atoms with van der Waals surface area (Å²) in [6, 6.07) is 12.9. The summed E-state index contributed by atoms with van der Waals surface area (Å²) in [6.07, 6.45) is -1.14. The van der Waals surface area contributed by atoms with E-state index < -0.39 is 24.0 Å². The summed E-state index contributed by atoms with van der Waals surface area (Å²) in [5.74, 6) is -1.20. The van der Waals surface area contributed by atoms with Crippen molar-refractivity contribution in [1.29, 1.82) is 0 Å². The number of allylic oxidation sites excluding steroid dienone is 2. The van der Waals surface area contributed by atoms with E-state index in [1.165, 1.54) is 24.3 Å². The molecule has 196 valence electrons. The quantitative estimate of drug-likeness (QED) is 0.352. The summed E-state index contributed by atoms with van der Waals surface area (Å²) in [6.45, 7) is 2.25. The van der Waals surface area contributed by atoms with Crippen molar-refractivity contribution in [1.82, 2.24) is 0 Å². The molecule has 2 aliphatic rings. The lowest BCUT2D eigenvalue weighted by Crippen LogP contribution is -2.22. The first-order valence-corrected chi connectivity index (χ1v) is 12.7. The van der Waals surface area contributed by atoms with E-state index in [1.54, 1.807) is 24.3 Å². The summed E-state index contributed by atoms with van der Waals surface area (Å²) in [4.78, 5) is 0. The Morgan fingerprint density at radius 3 is 1.69 bits per heavy atom. The van der Waals surface area contributed by atoms with Crippen LogP contribution in [0, 0.1) is 11.8 Å². The second kappa shape index (κ2) is 10.9. The second-order valence-electron chi connectivity index (χ2n) is 10.4. The molecule has 0 aliphatic heterocycles. The standard InChI is InChI=1S/C29H32F6O/c1-19-2-6-21(7-3-19)23-10-14-25(15-11-23)29(34,35)36-26-16-12-24(13-17-26)22-8-4-20(5-9-22)18-27(30)28(31,32)33/h10-22H,2-9H2,1H3. The third kappa shape index (κ3) is 6.65. The molecule has 0 radical (unpaired) electrons. The fraction of sp³-hybridized carbons (Fsp3) is 0.517. The van der Waals surface area contributed by atoms with E-state index in [9.17, 15) is 26.3 Å². The van der Waals surface area contributed by atoms with Gasteiger partial charge in [-0.05, 0) is 104 Å². The zero-order chi connectivity index (χ0) is 25.9. The van der Waals surface area contributed by atoms with Gasteiger partial charge in [0.15, 0.2) is 5.83 Å². The first-order valence-electron chi connectivity index (χ1n) is 12.7. The predicted octanol–water partition coefficient (Wildman–Crippen LogP) is 9.80. The van der Waals surface area contributed by atoms with E-state index in [0.717, 1.165) is 42.7 Å². The molecular weight excluding hydrogens is 478 g/mol. The molecule has 2 aliphatic carbocycles. The van der Waals surface area contributed by atoms with E-state index in [1.807, 2.05) is 0 Å². The largest absolute Gasteiger partial charge is 0.442 e. The van der Waals surface area contributed by atoms with Crippen LogP contribution in [0.5, 0.6) is 5.75 Å². The van der Waals surface area contributed by atoms with Crippen molar-refractivity contribution in [2.75, 3.05) is 0 Å². The third-order valence-electron chi connectivity index (χ3n) is 7.76. The highest BCUT2D eigenvalue weighted by Gasteiger charge is 2.36. The number of benzene rings is 2.